The summed E-state index contributed by atoms with van der Waals surface area (Å²) < 4.78 is 1.42. The van der Waals surface area contributed by atoms with Gasteiger partial charge in [-0.15, -0.1) is 24.8 Å². The van der Waals surface area contributed by atoms with Gasteiger partial charge in [0.1, 0.15) is 0 Å². The molecule has 12 heavy (non-hydrogen) atoms. The maximum Gasteiger partial charge on any atom is -0.147 e. The van der Waals surface area contributed by atoms with Gasteiger partial charge in [-0.05, 0) is 0 Å². The molecule has 0 bridgehead atoms. The molecule has 0 amide bonds. The second kappa shape index (κ2) is 8.38. The third-order valence-electron chi connectivity index (χ3n) is 1.88. The van der Waals surface area contributed by atoms with Crippen LogP contribution in [-0.4, -0.2) is 0 Å². The molecule has 71 valence electrons. The average Bonchev–Trinajstić information content (AvgIpc) is 1.84. The van der Waals surface area contributed by atoms with Crippen LogP contribution in [0.2, 0.25) is 0 Å². The molecule has 0 nitrogen and oxygen atoms in total. The van der Waals surface area contributed by atoms with E-state index < -0.39 is 0 Å². The number of hydrogen-bond donors (Lipinski definition) is 0. The minimum atomic E-state index is 0. The monoisotopic (exact) mass is 243 g/mol. The van der Waals surface area contributed by atoms with Crippen LogP contribution in [0.1, 0.15) is 34.6 Å². The zero-order valence-electron chi connectivity index (χ0n) is 8.32. The second-order valence-corrected chi connectivity index (χ2v) is 4.05. The van der Waals surface area contributed by atoms with Gasteiger partial charge in [0.25, 0.3) is 0 Å². The van der Waals surface area contributed by atoms with Crippen molar-refractivity contribution >= 4 is 24.8 Å². The first kappa shape index (κ1) is 18.5. The van der Waals surface area contributed by atoms with E-state index in [0.717, 1.165) is 0 Å². The molecule has 0 heterocycles. The van der Waals surface area contributed by atoms with Crippen molar-refractivity contribution in [3.8, 4) is 0 Å². The van der Waals surface area contributed by atoms with Gasteiger partial charge in [-0.3, -0.25) is 0 Å². The van der Waals surface area contributed by atoms with Crippen molar-refractivity contribution in [1.82, 2.24) is 0 Å². The van der Waals surface area contributed by atoms with Gasteiger partial charge >= 0.3 is 75.7 Å². The SMILES string of the molecule is CC(C)=C(C)C(C)=[C](C)[Ti].Cl.Cl. The number of rotatable bonds is 1. The predicted molar refractivity (Wildman–Crippen MR) is 56.9 cm³/mol. The Balaban J connectivity index is -0.000000405. The molecular formula is C9H17Cl2Ti. The summed E-state index contributed by atoms with van der Waals surface area (Å²) in [5.41, 5.74) is 4.28. The summed E-state index contributed by atoms with van der Waals surface area (Å²) >= 11 is 2.15. The van der Waals surface area contributed by atoms with Gasteiger partial charge in [-0.1, -0.05) is 0 Å². The Morgan fingerprint density at radius 2 is 1.08 bits per heavy atom. The maximum atomic E-state index is 2.18. The largest absolute Gasteiger partial charge is 0.147 e. The molecule has 0 unspecified atom stereocenters. The second-order valence-electron chi connectivity index (χ2n) is 2.88. The molecule has 0 saturated heterocycles. The third-order valence-corrected chi connectivity index (χ3v) is 2.46. The molecule has 0 aromatic heterocycles. The molecule has 3 heteroatoms. The van der Waals surface area contributed by atoms with Crippen LogP contribution < -0.4 is 0 Å². The van der Waals surface area contributed by atoms with E-state index in [1.165, 1.54) is 20.6 Å². The van der Waals surface area contributed by atoms with E-state index in [1.807, 2.05) is 0 Å². The first-order valence-electron chi connectivity index (χ1n) is 3.50. The van der Waals surface area contributed by atoms with Gasteiger partial charge in [0, 0.05) is 0 Å². The molecule has 0 atom stereocenters. The van der Waals surface area contributed by atoms with Crippen molar-refractivity contribution in [1.29, 1.82) is 0 Å². The number of halogens is 2. The summed E-state index contributed by atoms with van der Waals surface area (Å²) in [6, 6.07) is 0. The van der Waals surface area contributed by atoms with Crippen LogP contribution in [0.4, 0.5) is 0 Å². The fourth-order valence-corrected chi connectivity index (χ4v) is 0.949. The summed E-state index contributed by atoms with van der Waals surface area (Å²) in [7, 11) is 0. The quantitative estimate of drug-likeness (QED) is 0.482. The summed E-state index contributed by atoms with van der Waals surface area (Å²) in [6.45, 7) is 10.8. The van der Waals surface area contributed by atoms with Crippen molar-refractivity contribution in [2.75, 3.05) is 0 Å². The van der Waals surface area contributed by atoms with Gasteiger partial charge in [-0.25, -0.2) is 0 Å². The normalized spacial score (nSPS) is 10.3. The van der Waals surface area contributed by atoms with E-state index in [0.29, 0.717) is 0 Å². The molecule has 0 rings (SSSR count). The minimum Gasteiger partial charge on any atom is -0.147 e. The van der Waals surface area contributed by atoms with Crippen molar-refractivity contribution in [2.24, 2.45) is 0 Å². The van der Waals surface area contributed by atoms with E-state index in [1.54, 1.807) is 0 Å². The standard InChI is InChI=1S/C9H15.2ClH.Ti/c1-6-8(4)9(5)7(2)3;;;/h1-5H3;2*1H;. The Labute approximate surface area is 100 Å². The van der Waals surface area contributed by atoms with Crippen LogP contribution in [0.5, 0.6) is 0 Å². The van der Waals surface area contributed by atoms with E-state index in [-0.39, 0.29) is 24.8 Å². The van der Waals surface area contributed by atoms with E-state index in [9.17, 15) is 0 Å². The van der Waals surface area contributed by atoms with Gasteiger partial charge in [0.15, 0.2) is 0 Å². The first-order chi connectivity index (χ1) is 4.46. The Hall–Kier alpha value is 0.774. The van der Waals surface area contributed by atoms with Crippen LogP contribution in [0.25, 0.3) is 0 Å². The zero-order valence-corrected chi connectivity index (χ0v) is 11.5. The van der Waals surface area contributed by atoms with Crippen molar-refractivity contribution in [2.45, 2.75) is 34.6 Å². The fourth-order valence-electron chi connectivity index (χ4n) is 0.656. The Morgan fingerprint density at radius 1 is 0.750 bits per heavy atom. The van der Waals surface area contributed by atoms with Crippen LogP contribution in [-0.2, 0) is 20.4 Å². The molecular weight excluding hydrogens is 227 g/mol. The Kier molecular flexibility index (Phi) is 12.9. The summed E-state index contributed by atoms with van der Waals surface area (Å²) in [5, 5.41) is 0. The van der Waals surface area contributed by atoms with Gasteiger partial charge in [-0.2, -0.15) is 0 Å². The van der Waals surface area contributed by atoms with Crippen molar-refractivity contribution < 1.29 is 20.4 Å². The summed E-state index contributed by atoms with van der Waals surface area (Å²) in [5.74, 6) is 0. The molecule has 0 fully saturated rings. The summed E-state index contributed by atoms with van der Waals surface area (Å²) in [4.78, 5) is 0. The van der Waals surface area contributed by atoms with Gasteiger partial charge < -0.3 is 0 Å². The van der Waals surface area contributed by atoms with Crippen LogP contribution in [0, 0.1) is 0 Å². The molecule has 0 aromatic rings. The minimum absolute atomic E-state index is 0. The molecule has 0 saturated carbocycles. The molecule has 0 aliphatic heterocycles. The number of allylic oxidation sites excluding steroid dienone is 4. The summed E-state index contributed by atoms with van der Waals surface area (Å²) in [6.07, 6.45) is 0. The fraction of sp³-hybridized carbons (Fsp3) is 0.556. The topological polar surface area (TPSA) is 0 Å². The van der Waals surface area contributed by atoms with Crippen molar-refractivity contribution in [3.63, 3.8) is 0 Å². The van der Waals surface area contributed by atoms with Crippen LogP contribution >= 0.6 is 24.8 Å². The predicted octanol–water partition coefficient (Wildman–Crippen LogP) is 4.03. The van der Waals surface area contributed by atoms with Gasteiger partial charge in [0.2, 0.25) is 0 Å². The molecule has 0 radical (unpaired) electrons. The smallest absolute Gasteiger partial charge is 0.147 e. The average molecular weight is 244 g/mol. The van der Waals surface area contributed by atoms with Gasteiger partial charge in [0.05, 0.1) is 0 Å². The molecule has 0 N–H and O–H groups in total. The zero-order chi connectivity index (χ0) is 8.31. The molecule has 0 aromatic carbocycles. The van der Waals surface area contributed by atoms with Crippen molar-refractivity contribution in [3.05, 3.63) is 20.6 Å². The van der Waals surface area contributed by atoms with E-state index in [2.05, 4.69) is 55.1 Å². The number of hydrogen-bond acceptors (Lipinski definition) is 0. The van der Waals surface area contributed by atoms with E-state index in [4.69, 9.17) is 0 Å². The first-order valence-corrected chi connectivity index (χ1v) is 4.28. The molecule has 0 spiro atoms. The molecule has 0 aliphatic rings. The third kappa shape index (κ3) is 6.31. The Bertz CT molecular complexity index is 163. The Morgan fingerprint density at radius 3 is 1.17 bits per heavy atom. The van der Waals surface area contributed by atoms with Crippen LogP contribution in [0.3, 0.4) is 0 Å². The molecule has 0 aliphatic carbocycles. The van der Waals surface area contributed by atoms with E-state index >= 15 is 0 Å². The van der Waals surface area contributed by atoms with Crippen LogP contribution in [0.15, 0.2) is 20.6 Å². The maximum absolute atomic E-state index is 2.18.